The zero-order valence-corrected chi connectivity index (χ0v) is 22.8. The predicted molar refractivity (Wildman–Crippen MR) is 152 cm³/mol. The van der Waals surface area contributed by atoms with E-state index in [1.165, 1.54) is 0 Å². The molecule has 0 unspecified atom stereocenters. The molecule has 1 aromatic heterocycles. The second-order valence-corrected chi connectivity index (χ2v) is 10.4. The summed E-state index contributed by atoms with van der Waals surface area (Å²) in [5.74, 6) is 0.869. The van der Waals surface area contributed by atoms with Gasteiger partial charge in [-0.15, -0.1) is 0 Å². The minimum atomic E-state index is -0.273. The Hall–Kier alpha value is -4.13. The summed E-state index contributed by atoms with van der Waals surface area (Å²) in [5.41, 5.74) is 2.03. The first-order valence-electron chi connectivity index (χ1n) is 13.0. The van der Waals surface area contributed by atoms with Crippen LogP contribution in [0.3, 0.4) is 0 Å². The van der Waals surface area contributed by atoms with Crippen molar-refractivity contribution < 1.29 is 14.3 Å². The minimum absolute atomic E-state index is 0.0549. The third-order valence-corrected chi connectivity index (χ3v) is 6.49. The highest BCUT2D eigenvalue weighted by Gasteiger charge is 2.24. The molecule has 0 aliphatic rings. The lowest BCUT2D eigenvalue weighted by Crippen LogP contribution is -2.39. The van der Waals surface area contributed by atoms with Gasteiger partial charge in [0.2, 0.25) is 5.91 Å². The van der Waals surface area contributed by atoms with E-state index in [1.54, 1.807) is 16.7 Å². The topological polar surface area (TPSA) is 76.5 Å². The molecule has 7 nitrogen and oxygen atoms in total. The number of anilines is 1. The number of rotatable bonds is 9. The number of carbonyl (C=O) groups is 2. The number of fused-ring (bicyclic) bond motifs is 1. The van der Waals surface area contributed by atoms with Crippen LogP contribution in [0.4, 0.5) is 5.82 Å². The number of amides is 2. The minimum Gasteiger partial charge on any atom is -0.497 e. The first kappa shape index (κ1) is 26.9. The monoisotopic (exact) mass is 512 g/mol. The van der Waals surface area contributed by atoms with Crippen LogP contribution < -0.4 is 10.1 Å². The molecule has 198 valence electrons. The molecule has 2 amide bonds. The van der Waals surface area contributed by atoms with Gasteiger partial charge in [-0.2, -0.15) is 5.10 Å². The summed E-state index contributed by atoms with van der Waals surface area (Å²) in [5, 5.41) is 9.68. The molecule has 0 aliphatic carbocycles. The van der Waals surface area contributed by atoms with Crippen LogP contribution in [0.5, 0.6) is 5.75 Å². The van der Waals surface area contributed by atoms with Crippen molar-refractivity contribution >= 4 is 28.4 Å². The van der Waals surface area contributed by atoms with E-state index in [9.17, 15) is 9.59 Å². The third-order valence-electron chi connectivity index (χ3n) is 6.49. The Morgan fingerprint density at radius 1 is 1.00 bits per heavy atom. The van der Waals surface area contributed by atoms with Crippen LogP contribution in [0.2, 0.25) is 0 Å². The summed E-state index contributed by atoms with van der Waals surface area (Å²) in [7, 11) is 1.62. The van der Waals surface area contributed by atoms with Crippen LogP contribution >= 0.6 is 0 Å². The van der Waals surface area contributed by atoms with Gasteiger partial charge in [-0.25, -0.2) is 4.68 Å². The second kappa shape index (κ2) is 11.5. The Balaban J connectivity index is 1.61. The molecule has 0 aliphatic heterocycles. The molecule has 3 aromatic carbocycles. The van der Waals surface area contributed by atoms with E-state index in [1.807, 2.05) is 72.8 Å². The number of hydrogen-bond acceptors (Lipinski definition) is 4. The van der Waals surface area contributed by atoms with E-state index < -0.39 is 0 Å². The summed E-state index contributed by atoms with van der Waals surface area (Å²) in [6.45, 7) is 8.75. The van der Waals surface area contributed by atoms with Crippen LogP contribution in [-0.2, 0) is 10.2 Å². The number of aromatic nitrogens is 2. The van der Waals surface area contributed by atoms with Crippen LogP contribution in [0, 0.1) is 0 Å². The molecular weight excluding hydrogens is 476 g/mol. The number of methoxy groups -OCH3 is 1. The highest BCUT2D eigenvalue weighted by Crippen LogP contribution is 2.27. The summed E-state index contributed by atoms with van der Waals surface area (Å²) in [6, 6.07) is 22.9. The normalized spacial score (nSPS) is 11.4. The van der Waals surface area contributed by atoms with Crippen molar-refractivity contribution in [1.82, 2.24) is 14.7 Å². The summed E-state index contributed by atoms with van der Waals surface area (Å²) in [6.07, 6.45) is 1.72. The van der Waals surface area contributed by atoms with Crippen LogP contribution in [0.1, 0.15) is 56.6 Å². The molecule has 0 radical (unpaired) electrons. The second-order valence-electron chi connectivity index (χ2n) is 10.4. The van der Waals surface area contributed by atoms with Gasteiger partial charge < -0.3 is 15.0 Å². The molecule has 0 saturated carbocycles. The Morgan fingerprint density at radius 3 is 2.39 bits per heavy atom. The third kappa shape index (κ3) is 6.05. The molecule has 7 heteroatoms. The fraction of sp³-hybridized carbons (Fsp3) is 0.323. The number of ether oxygens (including phenoxy) is 1. The highest BCUT2D eigenvalue weighted by molar-refractivity contribution is 6.08. The van der Waals surface area contributed by atoms with E-state index in [-0.39, 0.29) is 23.8 Å². The van der Waals surface area contributed by atoms with Crippen LogP contribution in [0.15, 0.2) is 72.8 Å². The summed E-state index contributed by atoms with van der Waals surface area (Å²) in [4.78, 5) is 28.7. The van der Waals surface area contributed by atoms with Gasteiger partial charge in [-0.1, -0.05) is 70.5 Å². The summed E-state index contributed by atoms with van der Waals surface area (Å²) >= 11 is 0. The molecule has 4 aromatic rings. The van der Waals surface area contributed by atoms with Crippen molar-refractivity contribution in [2.75, 3.05) is 25.5 Å². The van der Waals surface area contributed by atoms with Crippen molar-refractivity contribution in [2.45, 2.75) is 46.0 Å². The van der Waals surface area contributed by atoms with Crippen molar-refractivity contribution in [3.8, 4) is 11.4 Å². The Kier molecular flexibility index (Phi) is 8.15. The summed E-state index contributed by atoms with van der Waals surface area (Å²) < 4.78 is 7.01. The van der Waals surface area contributed by atoms with Gasteiger partial charge in [0.1, 0.15) is 18.1 Å². The van der Waals surface area contributed by atoms with Crippen molar-refractivity contribution in [3.63, 3.8) is 0 Å². The van der Waals surface area contributed by atoms with Gasteiger partial charge in [-0.3, -0.25) is 9.59 Å². The first-order chi connectivity index (χ1) is 18.2. The Morgan fingerprint density at radius 2 is 1.71 bits per heavy atom. The largest absolute Gasteiger partial charge is 0.497 e. The maximum Gasteiger partial charge on any atom is 0.254 e. The molecule has 38 heavy (non-hydrogen) atoms. The number of unbranched alkanes of at least 4 members (excludes halogenated alkanes) is 1. The maximum atomic E-state index is 13.7. The molecule has 1 N–H and O–H groups in total. The zero-order valence-electron chi connectivity index (χ0n) is 22.8. The first-order valence-corrected chi connectivity index (χ1v) is 13.0. The quantitative estimate of drug-likeness (QED) is 0.289. The maximum absolute atomic E-state index is 13.7. The lowest BCUT2D eigenvalue weighted by Gasteiger charge is -2.23. The number of nitrogens with zero attached hydrogens (tertiary/aromatic N) is 3. The van der Waals surface area contributed by atoms with E-state index >= 15 is 0 Å². The molecule has 1 heterocycles. The number of benzene rings is 3. The van der Waals surface area contributed by atoms with Crippen molar-refractivity contribution in [3.05, 3.63) is 84.1 Å². The highest BCUT2D eigenvalue weighted by atomic mass is 16.5. The molecule has 0 atom stereocenters. The van der Waals surface area contributed by atoms with Crippen molar-refractivity contribution in [2.24, 2.45) is 0 Å². The van der Waals surface area contributed by atoms with Gasteiger partial charge >= 0.3 is 0 Å². The number of carbonyl (C=O) groups excluding carboxylic acids is 2. The Bertz CT molecular complexity index is 1410. The van der Waals surface area contributed by atoms with Gasteiger partial charge in [0.05, 0.1) is 18.5 Å². The molecule has 0 saturated heterocycles. The van der Waals surface area contributed by atoms with Crippen molar-refractivity contribution in [1.29, 1.82) is 0 Å². The average Bonchev–Trinajstić information content (AvgIpc) is 3.34. The number of hydrogen-bond donors (Lipinski definition) is 1. The van der Waals surface area contributed by atoms with Gasteiger partial charge in [0.15, 0.2) is 0 Å². The average molecular weight is 513 g/mol. The van der Waals surface area contributed by atoms with Gasteiger partial charge in [0, 0.05) is 23.6 Å². The molecular formula is C31H36N4O3. The fourth-order valence-corrected chi connectivity index (χ4v) is 4.30. The fourth-order valence-electron chi connectivity index (χ4n) is 4.30. The standard InChI is InChI=1S/C31H36N4O3/c1-6-7-19-34(30(37)26-14-10-12-22-11-8-9-13-25(22)26)21-29(36)32-28-20-27(31(2,3)4)33-35(28)23-15-17-24(38-5)18-16-23/h8-18,20H,6-7,19,21H2,1-5H3,(H,32,36). The van der Waals surface area contributed by atoms with E-state index in [4.69, 9.17) is 9.84 Å². The number of nitrogens with one attached hydrogen (secondary N) is 1. The lowest BCUT2D eigenvalue weighted by atomic mass is 9.92. The van der Waals surface area contributed by atoms with Gasteiger partial charge in [-0.05, 0) is 47.5 Å². The molecule has 0 spiro atoms. The SMILES string of the molecule is CCCCN(CC(=O)Nc1cc(C(C)(C)C)nn1-c1ccc(OC)cc1)C(=O)c1cccc2ccccc12. The zero-order chi connectivity index (χ0) is 27.3. The van der Waals surface area contributed by atoms with Gasteiger partial charge in [0.25, 0.3) is 5.91 Å². The van der Waals surface area contributed by atoms with E-state index in [0.29, 0.717) is 17.9 Å². The Labute approximate surface area is 224 Å². The van der Waals surface area contributed by atoms with Crippen LogP contribution in [-0.4, -0.2) is 46.7 Å². The van der Waals surface area contributed by atoms with E-state index in [0.717, 1.165) is 40.7 Å². The lowest BCUT2D eigenvalue weighted by molar-refractivity contribution is -0.116. The smallest absolute Gasteiger partial charge is 0.254 e. The molecule has 4 rings (SSSR count). The van der Waals surface area contributed by atoms with Crippen LogP contribution in [0.25, 0.3) is 16.5 Å². The molecule has 0 fully saturated rings. The molecule has 0 bridgehead atoms. The van der Waals surface area contributed by atoms with E-state index in [2.05, 4.69) is 33.0 Å². The predicted octanol–water partition coefficient (Wildman–Crippen LogP) is 6.21.